The van der Waals surface area contributed by atoms with Crippen molar-refractivity contribution in [3.63, 3.8) is 0 Å². The van der Waals surface area contributed by atoms with Gasteiger partial charge >= 0.3 is 0 Å². The van der Waals surface area contributed by atoms with Gasteiger partial charge in [-0.05, 0) is 12.6 Å². The molecule has 3 nitrogen and oxygen atoms in total. The number of methoxy groups -OCH3 is 1. The summed E-state index contributed by atoms with van der Waals surface area (Å²) in [5, 5.41) is 3.30. The monoisotopic (exact) mass is 169 g/mol. The molecule has 12 heavy (non-hydrogen) atoms. The van der Waals surface area contributed by atoms with Gasteiger partial charge in [-0.2, -0.15) is 0 Å². The molecule has 0 aliphatic heterocycles. The SMILES string of the molecule is CCNC(COC)c1ccoc1. The average molecular weight is 169 g/mol. The summed E-state index contributed by atoms with van der Waals surface area (Å²) in [7, 11) is 1.70. The fourth-order valence-corrected chi connectivity index (χ4v) is 1.16. The molecular formula is C9H15NO2. The van der Waals surface area contributed by atoms with E-state index >= 15 is 0 Å². The number of hydrogen-bond donors (Lipinski definition) is 1. The Kier molecular flexibility index (Phi) is 3.84. The summed E-state index contributed by atoms with van der Waals surface area (Å²) in [5.74, 6) is 0. The Morgan fingerprint density at radius 1 is 1.67 bits per heavy atom. The highest BCUT2D eigenvalue weighted by atomic mass is 16.5. The van der Waals surface area contributed by atoms with Gasteiger partial charge in [0.05, 0.1) is 25.2 Å². The Balaban J connectivity index is 2.53. The van der Waals surface area contributed by atoms with E-state index in [1.807, 2.05) is 6.07 Å². The van der Waals surface area contributed by atoms with Gasteiger partial charge in [-0.1, -0.05) is 6.92 Å². The summed E-state index contributed by atoms with van der Waals surface area (Å²) in [4.78, 5) is 0. The predicted molar refractivity (Wildman–Crippen MR) is 47.0 cm³/mol. The first kappa shape index (κ1) is 9.29. The van der Waals surface area contributed by atoms with Gasteiger partial charge in [0.25, 0.3) is 0 Å². The zero-order chi connectivity index (χ0) is 8.81. The van der Waals surface area contributed by atoms with Crippen molar-refractivity contribution in [3.05, 3.63) is 24.2 Å². The molecule has 0 aromatic carbocycles. The first-order valence-corrected chi connectivity index (χ1v) is 4.13. The molecule has 0 spiro atoms. The van der Waals surface area contributed by atoms with Crippen molar-refractivity contribution < 1.29 is 9.15 Å². The maximum Gasteiger partial charge on any atom is 0.0951 e. The molecule has 0 fully saturated rings. The standard InChI is InChI=1S/C9H15NO2/c1-3-10-9(7-11-2)8-4-5-12-6-8/h4-6,9-10H,3,7H2,1-2H3. The van der Waals surface area contributed by atoms with E-state index in [9.17, 15) is 0 Å². The van der Waals surface area contributed by atoms with Crippen LogP contribution in [0.25, 0.3) is 0 Å². The molecule has 0 saturated carbocycles. The number of hydrogen-bond acceptors (Lipinski definition) is 3. The van der Waals surface area contributed by atoms with Crippen LogP contribution < -0.4 is 5.32 Å². The van der Waals surface area contributed by atoms with Crippen molar-refractivity contribution in [2.24, 2.45) is 0 Å². The van der Waals surface area contributed by atoms with Gasteiger partial charge in [0.1, 0.15) is 0 Å². The molecule has 0 bridgehead atoms. The van der Waals surface area contributed by atoms with E-state index in [1.54, 1.807) is 19.6 Å². The summed E-state index contributed by atoms with van der Waals surface area (Å²) in [6, 6.07) is 2.20. The van der Waals surface area contributed by atoms with E-state index in [4.69, 9.17) is 9.15 Å². The van der Waals surface area contributed by atoms with Crippen molar-refractivity contribution in [1.82, 2.24) is 5.32 Å². The smallest absolute Gasteiger partial charge is 0.0951 e. The third-order valence-electron chi connectivity index (χ3n) is 1.73. The summed E-state index contributed by atoms with van der Waals surface area (Å²) >= 11 is 0. The minimum absolute atomic E-state index is 0.249. The molecule has 0 aliphatic rings. The average Bonchev–Trinajstić information content (AvgIpc) is 2.56. The Morgan fingerprint density at radius 2 is 2.50 bits per heavy atom. The van der Waals surface area contributed by atoms with Crippen LogP contribution in [0.2, 0.25) is 0 Å². The van der Waals surface area contributed by atoms with Crippen LogP contribution in [0.15, 0.2) is 23.0 Å². The topological polar surface area (TPSA) is 34.4 Å². The molecule has 1 rings (SSSR count). The van der Waals surface area contributed by atoms with Crippen molar-refractivity contribution >= 4 is 0 Å². The lowest BCUT2D eigenvalue weighted by Crippen LogP contribution is -2.24. The lowest BCUT2D eigenvalue weighted by Gasteiger charge is -2.14. The Morgan fingerprint density at radius 3 is 3.00 bits per heavy atom. The highest BCUT2D eigenvalue weighted by molar-refractivity contribution is 5.11. The summed E-state index contributed by atoms with van der Waals surface area (Å²) in [5.41, 5.74) is 1.14. The van der Waals surface area contributed by atoms with Crippen LogP contribution in [0.1, 0.15) is 18.5 Å². The first-order valence-electron chi connectivity index (χ1n) is 4.13. The molecule has 3 heteroatoms. The van der Waals surface area contributed by atoms with Crippen molar-refractivity contribution in [2.45, 2.75) is 13.0 Å². The third kappa shape index (κ3) is 2.36. The van der Waals surface area contributed by atoms with Crippen molar-refractivity contribution in [1.29, 1.82) is 0 Å². The quantitative estimate of drug-likeness (QED) is 0.726. The molecule has 1 heterocycles. The van der Waals surface area contributed by atoms with E-state index in [0.717, 1.165) is 12.1 Å². The second-order valence-electron chi connectivity index (χ2n) is 2.62. The molecule has 68 valence electrons. The van der Waals surface area contributed by atoms with Gasteiger partial charge in [0, 0.05) is 12.7 Å². The molecule has 1 unspecified atom stereocenters. The minimum Gasteiger partial charge on any atom is -0.472 e. The van der Waals surface area contributed by atoms with Crippen LogP contribution in [-0.2, 0) is 4.74 Å². The third-order valence-corrected chi connectivity index (χ3v) is 1.73. The summed E-state index contributed by atoms with van der Waals surface area (Å²) in [6.07, 6.45) is 3.42. The first-order chi connectivity index (χ1) is 5.88. The molecule has 0 saturated heterocycles. The van der Waals surface area contributed by atoms with Gasteiger partial charge in [-0.15, -0.1) is 0 Å². The second kappa shape index (κ2) is 4.95. The fourth-order valence-electron chi connectivity index (χ4n) is 1.16. The van der Waals surface area contributed by atoms with E-state index in [-0.39, 0.29) is 6.04 Å². The zero-order valence-electron chi connectivity index (χ0n) is 7.54. The fraction of sp³-hybridized carbons (Fsp3) is 0.556. The maximum absolute atomic E-state index is 5.08. The van der Waals surface area contributed by atoms with Crippen molar-refractivity contribution in [3.8, 4) is 0 Å². The number of likely N-dealkylation sites (N-methyl/N-ethyl adjacent to an activating group) is 1. The Hall–Kier alpha value is -0.800. The molecule has 1 aromatic rings. The number of rotatable bonds is 5. The van der Waals surface area contributed by atoms with E-state index in [1.165, 1.54) is 0 Å². The van der Waals surface area contributed by atoms with Gasteiger partial charge in [-0.25, -0.2) is 0 Å². The second-order valence-corrected chi connectivity index (χ2v) is 2.62. The van der Waals surface area contributed by atoms with E-state index in [0.29, 0.717) is 6.61 Å². The largest absolute Gasteiger partial charge is 0.472 e. The van der Waals surface area contributed by atoms with Crippen LogP contribution >= 0.6 is 0 Å². The lowest BCUT2D eigenvalue weighted by atomic mass is 10.1. The molecule has 0 aliphatic carbocycles. The number of ether oxygens (including phenoxy) is 1. The van der Waals surface area contributed by atoms with Gasteiger partial charge in [-0.3, -0.25) is 0 Å². The Bertz CT molecular complexity index is 190. The molecule has 1 atom stereocenters. The van der Waals surface area contributed by atoms with Gasteiger partial charge in [0.2, 0.25) is 0 Å². The molecular weight excluding hydrogens is 154 g/mol. The Labute approximate surface area is 72.7 Å². The normalized spacial score (nSPS) is 13.2. The minimum atomic E-state index is 0.249. The van der Waals surface area contributed by atoms with Gasteiger partial charge < -0.3 is 14.5 Å². The molecule has 1 aromatic heterocycles. The van der Waals surface area contributed by atoms with Crippen LogP contribution in [-0.4, -0.2) is 20.3 Å². The van der Waals surface area contributed by atoms with Crippen LogP contribution in [0, 0.1) is 0 Å². The zero-order valence-corrected chi connectivity index (χ0v) is 7.54. The predicted octanol–water partition coefficient (Wildman–Crippen LogP) is 1.58. The van der Waals surface area contributed by atoms with Crippen LogP contribution in [0.5, 0.6) is 0 Å². The summed E-state index contributed by atoms with van der Waals surface area (Å²) < 4.78 is 10.1. The lowest BCUT2D eigenvalue weighted by molar-refractivity contribution is 0.167. The molecule has 0 radical (unpaired) electrons. The highest BCUT2D eigenvalue weighted by Crippen LogP contribution is 2.12. The van der Waals surface area contributed by atoms with Crippen LogP contribution in [0.4, 0.5) is 0 Å². The van der Waals surface area contributed by atoms with Crippen molar-refractivity contribution in [2.75, 3.05) is 20.3 Å². The number of furan rings is 1. The van der Waals surface area contributed by atoms with E-state index in [2.05, 4.69) is 12.2 Å². The molecule has 0 amide bonds. The number of nitrogens with one attached hydrogen (secondary N) is 1. The maximum atomic E-state index is 5.08. The van der Waals surface area contributed by atoms with Gasteiger partial charge in [0.15, 0.2) is 0 Å². The molecule has 1 N–H and O–H groups in total. The highest BCUT2D eigenvalue weighted by Gasteiger charge is 2.09. The van der Waals surface area contributed by atoms with E-state index < -0.39 is 0 Å². The van der Waals surface area contributed by atoms with Crippen LogP contribution in [0.3, 0.4) is 0 Å². The summed E-state index contributed by atoms with van der Waals surface area (Å²) in [6.45, 7) is 3.68.